The van der Waals surface area contributed by atoms with Gasteiger partial charge >= 0.3 is 6.09 Å². The minimum atomic E-state index is -0.385. The summed E-state index contributed by atoms with van der Waals surface area (Å²) in [4.78, 5) is 14.2. The molecule has 0 saturated carbocycles. The number of ether oxygens (including phenoxy) is 1. The Bertz CT molecular complexity index is 804. The second kappa shape index (κ2) is 10.9. The first-order valence-corrected chi connectivity index (χ1v) is 9.53. The van der Waals surface area contributed by atoms with E-state index in [1.54, 1.807) is 6.26 Å². The van der Waals surface area contributed by atoms with Crippen LogP contribution in [-0.2, 0) is 24.4 Å². The molecule has 0 radical (unpaired) electrons. The van der Waals surface area contributed by atoms with Crippen LogP contribution in [-0.4, -0.2) is 24.1 Å². The van der Waals surface area contributed by atoms with Gasteiger partial charge in [0.05, 0.1) is 12.8 Å². The number of carbonyl (C=O) groups excluding carboxylic acids is 1. The number of carbonyl (C=O) groups is 1. The molecular weight excluding hydrogens is 352 g/mol. The van der Waals surface area contributed by atoms with Gasteiger partial charge in [-0.3, -0.25) is 4.90 Å². The first-order valence-electron chi connectivity index (χ1n) is 9.53. The zero-order valence-corrected chi connectivity index (χ0v) is 15.9. The van der Waals surface area contributed by atoms with Gasteiger partial charge in [-0.15, -0.1) is 0 Å². The van der Waals surface area contributed by atoms with Crippen molar-refractivity contribution in [1.82, 2.24) is 10.2 Å². The van der Waals surface area contributed by atoms with Crippen LogP contribution in [0, 0.1) is 0 Å². The fraction of sp³-hybridized carbons (Fsp3) is 0.261. The van der Waals surface area contributed by atoms with Crippen molar-refractivity contribution in [2.24, 2.45) is 0 Å². The third kappa shape index (κ3) is 6.93. The van der Waals surface area contributed by atoms with Crippen LogP contribution in [0.15, 0.2) is 83.5 Å². The van der Waals surface area contributed by atoms with E-state index in [0.717, 1.165) is 37.4 Å². The van der Waals surface area contributed by atoms with Gasteiger partial charge in [-0.1, -0.05) is 60.7 Å². The van der Waals surface area contributed by atoms with E-state index in [4.69, 9.17) is 9.15 Å². The predicted molar refractivity (Wildman–Crippen MR) is 109 cm³/mol. The van der Waals surface area contributed by atoms with Crippen molar-refractivity contribution < 1.29 is 13.9 Å². The molecule has 3 aromatic rings. The van der Waals surface area contributed by atoms with Crippen molar-refractivity contribution >= 4 is 6.09 Å². The van der Waals surface area contributed by atoms with E-state index < -0.39 is 0 Å². The fourth-order valence-corrected chi connectivity index (χ4v) is 2.95. The second-order valence-corrected chi connectivity index (χ2v) is 6.62. The SMILES string of the molecule is O=C(NCCCN(Cc1ccccc1)Cc1ccco1)OCc1ccccc1. The molecule has 1 amide bonds. The normalized spacial score (nSPS) is 10.8. The lowest BCUT2D eigenvalue weighted by atomic mass is 10.2. The van der Waals surface area contributed by atoms with Crippen LogP contribution >= 0.6 is 0 Å². The van der Waals surface area contributed by atoms with Gasteiger partial charge in [0.2, 0.25) is 0 Å². The first-order chi connectivity index (χ1) is 13.8. The van der Waals surface area contributed by atoms with Crippen LogP contribution in [0.5, 0.6) is 0 Å². The summed E-state index contributed by atoms with van der Waals surface area (Å²) in [6.45, 7) is 3.26. The lowest BCUT2D eigenvalue weighted by molar-refractivity contribution is 0.138. The van der Waals surface area contributed by atoms with Gasteiger partial charge in [-0.2, -0.15) is 0 Å². The van der Waals surface area contributed by atoms with Crippen LogP contribution in [0.4, 0.5) is 4.79 Å². The molecule has 28 heavy (non-hydrogen) atoms. The Morgan fingerprint density at radius 1 is 0.893 bits per heavy atom. The molecule has 0 unspecified atom stereocenters. The van der Waals surface area contributed by atoms with E-state index in [1.807, 2.05) is 60.7 Å². The largest absolute Gasteiger partial charge is 0.468 e. The summed E-state index contributed by atoms with van der Waals surface area (Å²) >= 11 is 0. The van der Waals surface area contributed by atoms with Crippen LogP contribution in [0.1, 0.15) is 23.3 Å². The highest BCUT2D eigenvalue weighted by atomic mass is 16.5. The third-order valence-electron chi connectivity index (χ3n) is 4.34. The maximum atomic E-state index is 11.8. The number of alkyl carbamates (subject to hydrolysis) is 1. The maximum absolute atomic E-state index is 11.8. The Morgan fingerprint density at radius 3 is 2.29 bits per heavy atom. The number of rotatable bonds is 10. The number of furan rings is 1. The molecule has 0 aliphatic heterocycles. The highest BCUT2D eigenvalue weighted by Gasteiger charge is 2.09. The van der Waals surface area contributed by atoms with Crippen LogP contribution in [0.25, 0.3) is 0 Å². The molecule has 1 heterocycles. The molecule has 1 aromatic heterocycles. The van der Waals surface area contributed by atoms with E-state index in [1.165, 1.54) is 5.56 Å². The van der Waals surface area contributed by atoms with Gasteiger partial charge in [0.25, 0.3) is 0 Å². The van der Waals surface area contributed by atoms with Gasteiger partial charge in [0.1, 0.15) is 12.4 Å². The molecule has 0 saturated heterocycles. The average Bonchev–Trinajstić information content (AvgIpc) is 3.24. The molecule has 146 valence electrons. The maximum Gasteiger partial charge on any atom is 0.407 e. The summed E-state index contributed by atoms with van der Waals surface area (Å²) < 4.78 is 10.7. The van der Waals surface area contributed by atoms with Gasteiger partial charge < -0.3 is 14.5 Å². The van der Waals surface area contributed by atoms with Gasteiger partial charge in [-0.25, -0.2) is 4.79 Å². The average molecular weight is 378 g/mol. The van der Waals surface area contributed by atoms with Crippen molar-refractivity contribution in [3.05, 3.63) is 95.9 Å². The summed E-state index contributed by atoms with van der Waals surface area (Å²) in [7, 11) is 0. The molecule has 2 aromatic carbocycles. The van der Waals surface area contributed by atoms with Gasteiger partial charge in [0, 0.05) is 19.6 Å². The van der Waals surface area contributed by atoms with Gasteiger partial charge in [-0.05, 0) is 29.7 Å². The molecule has 5 nitrogen and oxygen atoms in total. The fourth-order valence-electron chi connectivity index (χ4n) is 2.95. The van der Waals surface area contributed by atoms with Gasteiger partial charge in [0.15, 0.2) is 0 Å². The molecule has 0 spiro atoms. The summed E-state index contributed by atoms with van der Waals surface area (Å²) in [5, 5.41) is 2.82. The smallest absolute Gasteiger partial charge is 0.407 e. The number of benzene rings is 2. The van der Waals surface area contributed by atoms with E-state index in [9.17, 15) is 4.79 Å². The topological polar surface area (TPSA) is 54.7 Å². The summed E-state index contributed by atoms with van der Waals surface area (Å²) in [6, 6.07) is 23.9. The minimum absolute atomic E-state index is 0.283. The van der Waals surface area contributed by atoms with Crippen molar-refractivity contribution in [3.8, 4) is 0 Å². The molecule has 0 aliphatic carbocycles. The molecule has 1 N–H and O–H groups in total. The number of nitrogens with one attached hydrogen (secondary N) is 1. The quantitative estimate of drug-likeness (QED) is 0.524. The second-order valence-electron chi connectivity index (χ2n) is 6.62. The van der Waals surface area contributed by atoms with Crippen molar-refractivity contribution in [1.29, 1.82) is 0 Å². The van der Waals surface area contributed by atoms with Crippen molar-refractivity contribution in [2.75, 3.05) is 13.1 Å². The van der Waals surface area contributed by atoms with E-state index in [2.05, 4.69) is 22.3 Å². The zero-order chi connectivity index (χ0) is 19.4. The Kier molecular flexibility index (Phi) is 7.70. The predicted octanol–water partition coefficient (Wildman–Crippen LogP) is 4.60. The van der Waals surface area contributed by atoms with E-state index in [-0.39, 0.29) is 12.7 Å². The summed E-state index contributed by atoms with van der Waals surface area (Å²) in [6.07, 6.45) is 2.14. The standard InChI is InChI=1S/C23H26N2O3/c26-23(28-19-21-11-5-2-6-12-21)24-14-8-15-25(18-22-13-7-16-27-22)17-20-9-3-1-4-10-20/h1-7,9-13,16H,8,14-15,17-19H2,(H,24,26). The van der Waals surface area contributed by atoms with Crippen LogP contribution in [0.2, 0.25) is 0 Å². The van der Waals surface area contributed by atoms with E-state index in [0.29, 0.717) is 6.54 Å². The number of hydrogen-bond acceptors (Lipinski definition) is 4. The Morgan fingerprint density at radius 2 is 1.61 bits per heavy atom. The monoisotopic (exact) mass is 378 g/mol. The third-order valence-corrected chi connectivity index (χ3v) is 4.34. The molecule has 0 fully saturated rings. The molecular formula is C23H26N2O3. The number of amides is 1. The minimum Gasteiger partial charge on any atom is -0.468 e. The lowest BCUT2D eigenvalue weighted by Crippen LogP contribution is -2.30. The number of nitrogens with zero attached hydrogens (tertiary/aromatic N) is 1. The van der Waals surface area contributed by atoms with E-state index >= 15 is 0 Å². The number of hydrogen-bond donors (Lipinski definition) is 1. The molecule has 0 bridgehead atoms. The van der Waals surface area contributed by atoms with Crippen molar-refractivity contribution in [3.63, 3.8) is 0 Å². The lowest BCUT2D eigenvalue weighted by Gasteiger charge is -2.21. The van der Waals surface area contributed by atoms with Crippen LogP contribution < -0.4 is 5.32 Å². The molecule has 0 aliphatic rings. The molecule has 3 rings (SSSR count). The summed E-state index contributed by atoms with van der Waals surface area (Å²) in [5.41, 5.74) is 2.23. The Hall–Kier alpha value is -3.05. The molecule has 0 atom stereocenters. The highest BCUT2D eigenvalue weighted by Crippen LogP contribution is 2.11. The Balaban J connectivity index is 1.40. The molecule has 5 heteroatoms. The first kappa shape index (κ1) is 19.7. The van der Waals surface area contributed by atoms with Crippen molar-refractivity contribution in [2.45, 2.75) is 26.1 Å². The Labute approximate surface area is 165 Å². The highest BCUT2D eigenvalue weighted by molar-refractivity contribution is 5.67. The zero-order valence-electron chi connectivity index (χ0n) is 15.9. The van der Waals surface area contributed by atoms with Crippen LogP contribution in [0.3, 0.4) is 0 Å². The summed E-state index contributed by atoms with van der Waals surface area (Å²) in [5.74, 6) is 0.936.